The fourth-order valence-electron chi connectivity index (χ4n) is 1.86. The van der Waals surface area contributed by atoms with E-state index in [1.54, 1.807) is 12.5 Å². The second-order valence-corrected chi connectivity index (χ2v) is 4.09. The van der Waals surface area contributed by atoms with Gasteiger partial charge in [-0.3, -0.25) is 0 Å². The van der Waals surface area contributed by atoms with Crippen molar-refractivity contribution in [1.82, 2.24) is 14.5 Å². The number of nitrogens with zero attached hydrogens (tertiary/aromatic N) is 2. The molecule has 0 radical (unpaired) electrons. The molecule has 18 heavy (non-hydrogen) atoms. The molecule has 0 aliphatic rings. The molecule has 4 nitrogen and oxygen atoms in total. The SMILES string of the molecule is c1cc(NCc2cc[nH]c2)cc(-n2ccnc2)c1. The Bertz CT molecular complexity index is 597. The van der Waals surface area contributed by atoms with Gasteiger partial charge in [-0.15, -0.1) is 0 Å². The van der Waals surface area contributed by atoms with E-state index in [9.17, 15) is 0 Å². The number of hydrogen-bond acceptors (Lipinski definition) is 2. The summed E-state index contributed by atoms with van der Waals surface area (Å²) in [4.78, 5) is 7.10. The predicted molar refractivity (Wildman–Crippen MR) is 71.7 cm³/mol. The van der Waals surface area contributed by atoms with Crippen molar-refractivity contribution in [3.05, 3.63) is 67.0 Å². The molecule has 0 spiro atoms. The molecule has 2 aromatic heterocycles. The van der Waals surface area contributed by atoms with Crippen molar-refractivity contribution < 1.29 is 0 Å². The minimum Gasteiger partial charge on any atom is -0.381 e. The highest BCUT2D eigenvalue weighted by molar-refractivity contribution is 5.51. The van der Waals surface area contributed by atoms with E-state index in [1.165, 1.54) is 5.56 Å². The Labute approximate surface area is 105 Å². The van der Waals surface area contributed by atoms with E-state index in [1.807, 2.05) is 29.2 Å². The minimum absolute atomic E-state index is 0.816. The predicted octanol–water partition coefficient (Wildman–Crippen LogP) is 2.81. The lowest BCUT2D eigenvalue weighted by Crippen LogP contribution is -1.99. The van der Waals surface area contributed by atoms with Gasteiger partial charge in [-0.05, 0) is 29.8 Å². The highest BCUT2D eigenvalue weighted by Crippen LogP contribution is 2.15. The Morgan fingerprint density at radius 1 is 1.28 bits per heavy atom. The van der Waals surface area contributed by atoms with Crippen LogP contribution in [0.5, 0.6) is 0 Å². The lowest BCUT2D eigenvalue weighted by molar-refractivity contribution is 1.05. The summed E-state index contributed by atoms with van der Waals surface area (Å²) < 4.78 is 1.99. The molecule has 0 unspecified atom stereocenters. The van der Waals surface area contributed by atoms with Crippen LogP contribution < -0.4 is 5.32 Å². The maximum atomic E-state index is 4.05. The largest absolute Gasteiger partial charge is 0.381 e. The van der Waals surface area contributed by atoms with Crippen LogP contribution in [0.1, 0.15) is 5.56 Å². The van der Waals surface area contributed by atoms with Crippen molar-refractivity contribution in [3.8, 4) is 5.69 Å². The van der Waals surface area contributed by atoms with Crippen LogP contribution in [0.2, 0.25) is 0 Å². The third-order valence-corrected chi connectivity index (χ3v) is 2.81. The number of anilines is 1. The molecule has 0 amide bonds. The molecule has 0 aliphatic carbocycles. The third kappa shape index (κ3) is 2.27. The lowest BCUT2D eigenvalue weighted by Gasteiger charge is -2.08. The Balaban J connectivity index is 1.75. The zero-order chi connectivity index (χ0) is 12.2. The van der Waals surface area contributed by atoms with Gasteiger partial charge in [-0.25, -0.2) is 4.98 Å². The summed E-state index contributed by atoms with van der Waals surface area (Å²) in [6.07, 6.45) is 9.43. The molecule has 2 N–H and O–H groups in total. The number of imidazole rings is 1. The van der Waals surface area contributed by atoms with Gasteiger partial charge in [0.1, 0.15) is 0 Å². The first-order valence-corrected chi connectivity index (χ1v) is 5.86. The van der Waals surface area contributed by atoms with Crippen LogP contribution in [-0.2, 0) is 6.54 Å². The van der Waals surface area contributed by atoms with Gasteiger partial charge in [0, 0.05) is 42.7 Å². The summed E-state index contributed by atoms with van der Waals surface area (Å²) in [5.41, 5.74) is 3.44. The molecule has 0 saturated carbocycles. The van der Waals surface area contributed by atoms with Crippen molar-refractivity contribution in [2.24, 2.45) is 0 Å². The summed E-state index contributed by atoms with van der Waals surface area (Å²) in [7, 11) is 0. The van der Waals surface area contributed by atoms with Gasteiger partial charge in [-0.2, -0.15) is 0 Å². The lowest BCUT2D eigenvalue weighted by atomic mass is 10.2. The number of nitrogens with one attached hydrogen (secondary N) is 2. The van der Waals surface area contributed by atoms with Crippen molar-refractivity contribution in [1.29, 1.82) is 0 Å². The molecule has 0 atom stereocenters. The monoisotopic (exact) mass is 238 g/mol. The zero-order valence-corrected chi connectivity index (χ0v) is 9.88. The first-order valence-electron chi connectivity index (χ1n) is 5.86. The molecule has 1 aromatic carbocycles. The van der Waals surface area contributed by atoms with Crippen molar-refractivity contribution in [2.75, 3.05) is 5.32 Å². The molecule has 3 rings (SSSR count). The standard InChI is InChI=1S/C14H14N4/c1-2-13(17-10-12-4-5-15-9-12)8-14(3-1)18-7-6-16-11-18/h1-9,11,15,17H,10H2. The van der Waals surface area contributed by atoms with E-state index in [-0.39, 0.29) is 0 Å². The molecule has 0 bridgehead atoms. The zero-order valence-electron chi connectivity index (χ0n) is 9.88. The van der Waals surface area contributed by atoms with Crippen LogP contribution in [-0.4, -0.2) is 14.5 Å². The quantitative estimate of drug-likeness (QED) is 0.734. The number of H-pyrrole nitrogens is 1. The van der Waals surface area contributed by atoms with Crippen LogP contribution in [0.3, 0.4) is 0 Å². The Hall–Kier alpha value is -2.49. The molecule has 0 aliphatic heterocycles. The summed E-state index contributed by atoms with van der Waals surface area (Å²) >= 11 is 0. The van der Waals surface area contributed by atoms with Crippen LogP contribution in [0.4, 0.5) is 5.69 Å². The topological polar surface area (TPSA) is 45.6 Å². The fraction of sp³-hybridized carbons (Fsp3) is 0.0714. The fourth-order valence-corrected chi connectivity index (χ4v) is 1.86. The van der Waals surface area contributed by atoms with Gasteiger partial charge < -0.3 is 14.9 Å². The highest BCUT2D eigenvalue weighted by atomic mass is 15.0. The van der Waals surface area contributed by atoms with Crippen LogP contribution in [0.15, 0.2) is 61.4 Å². The van der Waals surface area contributed by atoms with E-state index in [4.69, 9.17) is 0 Å². The summed E-state index contributed by atoms with van der Waals surface area (Å²) in [5.74, 6) is 0. The minimum atomic E-state index is 0.816. The van der Waals surface area contributed by atoms with Gasteiger partial charge in [0.05, 0.1) is 6.33 Å². The van der Waals surface area contributed by atoms with Gasteiger partial charge in [-0.1, -0.05) is 6.07 Å². The van der Waals surface area contributed by atoms with Crippen LogP contribution in [0, 0.1) is 0 Å². The molecular formula is C14H14N4. The van der Waals surface area contributed by atoms with E-state index in [0.29, 0.717) is 0 Å². The van der Waals surface area contributed by atoms with Crippen LogP contribution >= 0.6 is 0 Å². The summed E-state index contributed by atoms with van der Waals surface area (Å²) in [6, 6.07) is 10.3. The first kappa shape index (κ1) is 10.7. The second-order valence-electron chi connectivity index (χ2n) is 4.09. The van der Waals surface area contributed by atoms with E-state index < -0.39 is 0 Å². The molecular weight excluding hydrogens is 224 g/mol. The van der Waals surface area contributed by atoms with Crippen molar-refractivity contribution in [3.63, 3.8) is 0 Å². The number of aromatic amines is 1. The van der Waals surface area contributed by atoms with Gasteiger partial charge >= 0.3 is 0 Å². The number of hydrogen-bond donors (Lipinski definition) is 2. The molecule has 0 fully saturated rings. The average Bonchev–Trinajstić information content (AvgIpc) is 3.10. The Kier molecular flexibility index (Phi) is 2.84. The maximum absolute atomic E-state index is 4.05. The van der Waals surface area contributed by atoms with Crippen molar-refractivity contribution >= 4 is 5.69 Å². The van der Waals surface area contributed by atoms with E-state index >= 15 is 0 Å². The molecule has 4 heteroatoms. The number of benzene rings is 1. The van der Waals surface area contributed by atoms with Gasteiger partial charge in [0.15, 0.2) is 0 Å². The normalized spacial score (nSPS) is 10.4. The highest BCUT2D eigenvalue weighted by Gasteiger charge is 1.98. The number of aromatic nitrogens is 3. The molecule has 90 valence electrons. The average molecular weight is 238 g/mol. The van der Waals surface area contributed by atoms with Crippen molar-refractivity contribution in [2.45, 2.75) is 6.54 Å². The van der Waals surface area contributed by atoms with Gasteiger partial charge in [0.25, 0.3) is 0 Å². The van der Waals surface area contributed by atoms with Crippen LogP contribution in [0.25, 0.3) is 5.69 Å². The second kappa shape index (κ2) is 4.79. The Morgan fingerprint density at radius 3 is 3.06 bits per heavy atom. The molecule has 3 aromatic rings. The Morgan fingerprint density at radius 2 is 2.28 bits per heavy atom. The maximum Gasteiger partial charge on any atom is 0.0991 e. The third-order valence-electron chi connectivity index (χ3n) is 2.81. The van der Waals surface area contributed by atoms with Gasteiger partial charge in [0.2, 0.25) is 0 Å². The molecule has 0 saturated heterocycles. The molecule has 2 heterocycles. The number of rotatable bonds is 4. The summed E-state index contributed by atoms with van der Waals surface area (Å²) in [5, 5.41) is 3.40. The summed E-state index contributed by atoms with van der Waals surface area (Å²) in [6.45, 7) is 0.816. The van der Waals surface area contributed by atoms with E-state index in [2.05, 4.69) is 39.6 Å². The van der Waals surface area contributed by atoms with E-state index in [0.717, 1.165) is 17.9 Å². The first-order chi connectivity index (χ1) is 8.92. The smallest absolute Gasteiger partial charge is 0.0991 e.